The first-order chi connectivity index (χ1) is 3.89. The highest BCUT2D eigenvalue weighted by Gasteiger charge is 1.98. The SMILES string of the molecule is CC1C=CCOCC1. The molecule has 0 fully saturated rings. The minimum absolute atomic E-state index is 0.720. The molecule has 0 aliphatic carbocycles. The van der Waals surface area contributed by atoms with Gasteiger partial charge >= 0.3 is 0 Å². The molecule has 0 spiro atoms. The standard InChI is InChI=1S/C7H12O/c1-7-3-2-5-8-6-4-7/h2-3,7H,4-6H2,1H3. The lowest BCUT2D eigenvalue weighted by Crippen LogP contribution is -1.94. The lowest BCUT2D eigenvalue weighted by molar-refractivity contribution is 0.159. The molecule has 0 amide bonds. The van der Waals surface area contributed by atoms with Gasteiger partial charge in [0.25, 0.3) is 0 Å². The summed E-state index contributed by atoms with van der Waals surface area (Å²) in [7, 11) is 0. The van der Waals surface area contributed by atoms with Crippen LogP contribution in [-0.2, 0) is 4.74 Å². The fourth-order valence-corrected chi connectivity index (χ4v) is 0.805. The van der Waals surface area contributed by atoms with Gasteiger partial charge in [-0.15, -0.1) is 0 Å². The Kier molecular flexibility index (Phi) is 2.10. The zero-order chi connectivity index (χ0) is 5.82. The van der Waals surface area contributed by atoms with E-state index in [1.807, 2.05) is 0 Å². The van der Waals surface area contributed by atoms with Gasteiger partial charge in [0.1, 0.15) is 0 Å². The molecule has 1 unspecified atom stereocenters. The van der Waals surface area contributed by atoms with E-state index in [0.29, 0.717) is 0 Å². The van der Waals surface area contributed by atoms with Gasteiger partial charge in [-0.25, -0.2) is 0 Å². The molecule has 1 aliphatic heterocycles. The van der Waals surface area contributed by atoms with Crippen molar-refractivity contribution >= 4 is 0 Å². The highest BCUT2D eigenvalue weighted by Crippen LogP contribution is 2.06. The van der Waals surface area contributed by atoms with E-state index < -0.39 is 0 Å². The van der Waals surface area contributed by atoms with Crippen molar-refractivity contribution in [2.75, 3.05) is 13.2 Å². The molecule has 0 aromatic rings. The summed E-state index contributed by atoms with van der Waals surface area (Å²) < 4.78 is 5.18. The monoisotopic (exact) mass is 112 g/mol. The Balaban J connectivity index is 2.33. The second-order valence-corrected chi connectivity index (χ2v) is 2.27. The van der Waals surface area contributed by atoms with Gasteiger partial charge in [0.2, 0.25) is 0 Å². The van der Waals surface area contributed by atoms with Crippen LogP contribution in [0, 0.1) is 5.92 Å². The van der Waals surface area contributed by atoms with Crippen LogP contribution in [0.3, 0.4) is 0 Å². The highest BCUT2D eigenvalue weighted by atomic mass is 16.5. The van der Waals surface area contributed by atoms with Crippen LogP contribution in [0.1, 0.15) is 13.3 Å². The molecule has 0 N–H and O–H groups in total. The van der Waals surface area contributed by atoms with Crippen LogP contribution in [0.4, 0.5) is 0 Å². The maximum atomic E-state index is 5.18. The van der Waals surface area contributed by atoms with Gasteiger partial charge in [0.05, 0.1) is 6.61 Å². The predicted octanol–water partition coefficient (Wildman–Crippen LogP) is 1.60. The van der Waals surface area contributed by atoms with E-state index in [1.165, 1.54) is 6.42 Å². The van der Waals surface area contributed by atoms with Crippen LogP contribution >= 0.6 is 0 Å². The molecule has 0 saturated heterocycles. The molecule has 1 aliphatic rings. The van der Waals surface area contributed by atoms with Crippen molar-refractivity contribution in [2.24, 2.45) is 5.92 Å². The van der Waals surface area contributed by atoms with E-state index in [0.717, 1.165) is 19.1 Å². The third-order valence-corrected chi connectivity index (χ3v) is 1.40. The highest BCUT2D eigenvalue weighted by molar-refractivity contribution is 4.87. The molecule has 1 heterocycles. The summed E-state index contributed by atoms with van der Waals surface area (Å²) in [6.45, 7) is 3.95. The van der Waals surface area contributed by atoms with Crippen LogP contribution in [0.5, 0.6) is 0 Å². The van der Waals surface area contributed by atoms with Gasteiger partial charge < -0.3 is 4.74 Å². The molecule has 1 rings (SSSR count). The van der Waals surface area contributed by atoms with Crippen molar-refractivity contribution in [3.63, 3.8) is 0 Å². The third-order valence-electron chi connectivity index (χ3n) is 1.40. The summed E-state index contributed by atoms with van der Waals surface area (Å²) >= 11 is 0. The minimum atomic E-state index is 0.720. The Bertz CT molecular complexity index is 86.4. The summed E-state index contributed by atoms with van der Waals surface area (Å²) in [5.41, 5.74) is 0. The Morgan fingerprint density at radius 1 is 1.62 bits per heavy atom. The molecule has 1 heteroatoms. The van der Waals surface area contributed by atoms with E-state index in [2.05, 4.69) is 19.1 Å². The van der Waals surface area contributed by atoms with Crippen LogP contribution < -0.4 is 0 Å². The van der Waals surface area contributed by atoms with E-state index in [1.54, 1.807) is 0 Å². The molecule has 1 nitrogen and oxygen atoms in total. The molecule has 0 aromatic heterocycles. The van der Waals surface area contributed by atoms with Crippen LogP contribution in [-0.4, -0.2) is 13.2 Å². The van der Waals surface area contributed by atoms with Gasteiger partial charge in [0.15, 0.2) is 0 Å². The zero-order valence-electron chi connectivity index (χ0n) is 5.26. The Morgan fingerprint density at radius 2 is 2.50 bits per heavy atom. The van der Waals surface area contributed by atoms with Gasteiger partial charge in [-0.3, -0.25) is 0 Å². The zero-order valence-corrected chi connectivity index (χ0v) is 5.26. The summed E-state index contributed by atoms with van der Waals surface area (Å²) in [6.07, 6.45) is 5.49. The van der Waals surface area contributed by atoms with Crippen LogP contribution in [0.2, 0.25) is 0 Å². The van der Waals surface area contributed by atoms with Crippen molar-refractivity contribution in [1.29, 1.82) is 0 Å². The summed E-state index contributed by atoms with van der Waals surface area (Å²) in [6, 6.07) is 0. The molecule has 46 valence electrons. The largest absolute Gasteiger partial charge is 0.377 e. The number of ether oxygens (including phenoxy) is 1. The van der Waals surface area contributed by atoms with Crippen LogP contribution in [0.15, 0.2) is 12.2 Å². The smallest absolute Gasteiger partial charge is 0.0647 e. The van der Waals surface area contributed by atoms with E-state index >= 15 is 0 Å². The average Bonchev–Trinajstić information content (AvgIpc) is 1.94. The van der Waals surface area contributed by atoms with Gasteiger partial charge in [0, 0.05) is 6.61 Å². The molecule has 0 saturated carbocycles. The first-order valence-corrected chi connectivity index (χ1v) is 3.14. The second-order valence-electron chi connectivity index (χ2n) is 2.27. The molecular weight excluding hydrogens is 100 g/mol. The number of allylic oxidation sites excluding steroid dienone is 1. The molecule has 0 radical (unpaired) electrons. The van der Waals surface area contributed by atoms with Crippen molar-refractivity contribution in [1.82, 2.24) is 0 Å². The van der Waals surface area contributed by atoms with E-state index in [4.69, 9.17) is 4.74 Å². The number of hydrogen-bond donors (Lipinski definition) is 0. The van der Waals surface area contributed by atoms with Crippen molar-refractivity contribution in [2.45, 2.75) is 13.3 Å². The Labute approximate surface area is 50.3 Å². The van der Waals surface area contributed by atoms with Gasteiger partial charge in [-0.2, -0.15) is 0 Å². The quantitative estimate of drug-likeness (QED) is 0.432. The maximum Gasteiger partial charge on any atom is 0.0647 e. The molecule has 1 atom stereocenters. The van der Waals surface area contributed by atoms with Crippen molar-refractivity contribution < 1.29 is 4.74 Å². The average molecular weight is 112 g/mol. The van der Waals surface area contributed by atoms with E-state index in [-0.39, 0.29) is 0 Å². The number of rotatable bonds is 0. The second kappa shape index (κ2) is 2.88. The normalized spacial score (nSPS) is 29.9. The molecule has 0 aromatic carbocycles. The number of hydrogen-bond acceptors (Lipinski definition) is 1. The van der Waals surface area contributed by atoms with E-state index in [9.17, 15) is 0 Å². The Hall–Kier alpha value is -0.300. The lowest BCUT2D eigenvalue weighted by Gasteiger charge is -1.99. The summed E-state index contributed by atoms with van der Waals surface area (Å²) in [5, 5.41) is 0. The molecule has 0 bridgehead atoms. The lowest BCUT2D eigenvalue weighted by atomic mass is 10.1. The van der Waals surface area contributed by atoms with Crippen molar-refractivity contribution in [3.8, 4) is 0 Å². The fourth-order valence-electron chi connectivity index (χ4n) is 0.805. The van der Waals surface area contributed by atoms with Gasteiger partial charge in [-0.05, 0) is 12.3 Å². The third kappa shape index (κ3) is 1.66. The predicted molar refractivity (Wildman–Crippen MR) is 33.7 cm³/mol. The first kappa shape index (κ1) is 5.83. The molecule has 8 heavy (non-hydrogen) atoms. The van der Waals surface area contributed by atoms with Gasteiger partial charge in [-0.1, -0.05) is 19.1 Å². The van der Waals surface area contributed by atoms with Crippen molar-refractivity contribution in [3.05, 3.63) is 12.2 Å². The summed E-state index contributed by atoms with van der Waals surface area (Å²) in [5.74, 6) is 0.720. The Morgan fingerprint density at radius 3 is 3.38 bits per heavy atom. The summed E-state index contributed by atoms with van der Waals surface area (Å²) in [4.78, 5) is 0. The van der Waals surface area contributed by atoms with Crippen LogP contribution in [0.25, 0.3) is 0 Å². The molecular formula is C7H12O. The topological polar surface area (TPSA) is 9.23 Å². The maximum absolute atomic E-state index is 5.18. The minimum Gasteiger partial charge on any atom is -0.377 e. The first-order valence-electron chi connectivity index (χ1n) is 3.14. The fraction of sp³-hybridized carbons (Fsp3) is 0.714.